The highest BCUT2D eigenvalue weighted by molar-refractivity contribution is 5.58. The number of aromatic nitrogens is 3. The summed E-state index contributed by atoms with van der Waals surface area (Å²) in [6.07, 6.45) is 1.70. The first-order valence-electron chi connectivity index (χ1n) is 5.80. The first kappa shape index (κ1) is 12.4. The van der Waals surface area contributed by atoms with Crippen LogP contribution < -0.4 is 5.56 Å². The largest absolute Gasteiger partial charge is 0.374 e. The number of nitrogens with one attached hydrogen (secondary N) is 1. The highest BCUT2D eigenvalue weighted by Gasteiger charge is 2.04. The molecule has 0 aliphatic rings. The van der Waals surface area contributed by atoms with Crippen molar-refractivity contribution in [2.24, 2.45) is 0 Å². The van der Waals surface area contributed by atoms with E-state index < -0.39 is 0 Å². The Hall–Kier alpha value is -2.01. The molecule has 2 aromatic rings. The first-order chi connectivity index (χ1) is 8.69. The van der Waals surface area contributed by atoms with Gasteiger partial charge in [0.2, 0.25) is 0 Å². The zero-order valence-corrected chi connectivity index (χ0v) is 10.4. The van der Waals surface area contributed by atoms with Crippen molar-refractivity contribution in [2.75, 3.05) is 6.61 Å². The molecule has 0 aliphatic heterocycles. The van der Waals surface area contributed by atoms with Gasteiger partial charge in [-0.3, -0.25) is 9.78 Å². The molecule has 0 unspecified atom stereocenters. The normalized spacial score (nSPS) is 10.6. The van der Waals surface area contributed by atoms with Gasteiger partial charge in [-0.15, -0.1) is 0 Å². The smallest absolute Gasteiger partial charge is 0.251 e. The number of hydrogen-bond donors (Lipinski definition) is 1. The van der Waals surface area contributed by atoms with E-state index in [2.05, 4.69) is 15.0 Å². The third-order valence-electron chi connectivity index (χ3n) is 2.43. The van der Waals surface area contributed by atoms with Crippen LogP contribution in [0, 0.1) is 6.92 Å². The Kier molecular flexibility index (Phi) is 3.84. The predicted octanol–water partition coefficient (Wildman–Crippen LogP) is 1.68. The maximum Gasteiger partial charge on any atom is 0.251 e. The quantitative estimate of drug-likeness (QED) is 0.889. The number of pyridine rings is 1. The van der Waals surface area contributed by atoms with E-state index in [9.17, 15) is 4.79 Å². The van der Waals surface area contributed by atoms with Crippen LogP contribution in [0.15, 0.2) is 29.2 Å². The van der Waals surface area contributed by atoms with Gasteiger partial charge in [-0.25, -0.2) is 4.98 Å². The molecular weight excluding hydrogens is 230 g/mol. The monoisotopic (exact) mass is 245 g/mol. The Balaban J connectivity index is 2.38. The summed E-state index contributed by atoms with van der Waals surface area (Å²) in [7, 11) is 0. The van der Waals surface area contributed by atoms with Gasteiger partial charge < -0.3 is 9.72 Å². The van der Waals surface area contributed by atoms with Crippen molar-refractivity contribution in [1.29, 1.82) is 0 Å². The van der Waals surface area contributed by atoms with Crippen LogP contribution in [0.5, 0.6) is 0 Å². The number of aromatic amines is 1. The predicted molar refractivity (Wildman–Crippen MR) is 68.2 cm³/mol. The molecular formula is C13H15N3O2. The molecule has 18 heavy (non-hydrogen) atoms. The summed E-state index contributed by atoms with van der Waals surface area (Å²) in [5, 5.41) is 0. The summed E-state index contributed by atoms with van der Waals surface area (Å²) in [4.78, 5) is 22.7. The minimum absolute atomic E-state index is 0.177. The van der Waals surface area contributed by atoms with Gasteiger partial charge in [0.15, 0.2) is 0 Å². The Labute approximate surface area is 105 Å². The second kappa shape index (κ2) is 5.55. The minimum atomic E-state index is -0.177. The molecule has 0 atom stereocenters. The number of hydrogen-bond acceptors (Lipinski definition) is 4. The van der Waals surface area contributed by atoms with Gasteiger partial charge in [-0.1, -0.05) is 0 Å². The third kappa shape index (κ3) is 3.01. The highest BCUT2D eigenvalue weighted by atomic mass is 16.5. The number of ether oxygens (including phenoxy) is 1. The van der Waals surface area contributed by atoms with Crippen LogP contribution in [0.2, 0.25) is 0 Å². The van der Waals surface area contributed by atoms with E-state index in [1.807, 2.05) is 26.0 Å². The lowest BCUT2D eigenvalue weighted by Crippen LogP contribution is -2.12. The van der Waals surface area contributed by atoms with Gasteiger partial charge in [0.25, 0.3) is 5.56 Å². The average Bonchev–Trinajstić information content (AvgIpc) is 2.36. The van der Waals surface area contributed by atoms with Crippen molar-refractivity contribution in [3.05, 3.63) is 46.3 Å². The van der Waals surface area contributed by atoms with E-state index in [1.165, 1.54) is 6.07 Å². The molecule has 5 heteroatoms. The van der Waals surface area contributed by atoms with Crippen LogP contribution in [0.25, 0.3) is 11.3 Å². The van der Waals surface area contributed by atoms with Crippen molar-refractivity contribution < 1.29 is 4.74 Å². The van der Waals surface area contributed by atoms with Gasteiger partial charge in [0.1, 0.15) is 12.4 Å². The molecule has 2 rings (SSSR count). The number of nitrogens with zero attached hydrogens (tertiary/aromatic N) is 2. The van der Waals surface area contributed by atoms with Crippen molar-refractivity contribution in [3.63, 3.8) is 0 Å². The van der Waals surface area contributed by atoms with E-state index in [-0.39, 0.29) is 5.56 Å². The van der Waals surface area contributed by atoms with Gasteiger partial charge in [-0.05, 0) is 26.0 Å². The molecule has 0 aromatic carbocycles. The molecule has 0 bridgehead atoms. The number of aryl methyl sites for hydroxylation is 1. The molecule has 1 N–H and O–H groups in total. The molecule has 0 radical (unpaired) electrons. The maximum absolute atomic E-state index is 11.6. The molecule has 0 amide bonds. The standard InChI is InChI=1S/C13H15N3O2/c1-3-18-8-12-15-11(7-13(17)16-12)10-4-5-14-9(2)6-10/h4-7H,3,8H2,1-2H3,(H,15,16,17). The second-order valence-corrected chi connectivity index (χ2v) is 3.90. The van der Waals surface area contributed by atoms with Crippen LogP contribution in [0.3, 0.4) is 0 Å². The summed E-state index contributed by atoms with van der Waals surface area (Å²) in [6.45, 7) is 4.69. The lowest BCUT2D eigenvalue weighted by Gasteiger charge is -2.05. The van der Waals surface area contributed by atoms with Gasteiger partial charge >= 0.3 is 0 Å². The van der Waals surface area contributed by atoms with Crippen LogP contribution >= 0.6 is 0 Å². The van der Waals surface area contributed by atoms with Gasteiger partial charge in [0.05, 0.1) is 5.69 Å². The van der Waals surface area contributed by atoms with Crippen molar-refractivity contribution in [3.8, 4) is 11.3 Å². The summed E-state index contributed by atoms with van der Waals surface area (Å²) < 4.78 is 5.24. The Morgan fingerprint density at radius 2 is 2.22 bits per heavy atom. The summed E-state index contributed by atoms with van der Waals surface area (Å²) in [6, 6.07) is 5.20. The van der Waals surface area contributed by atoms with E-state index in [4.69, 9.17) is 4.74 Å². The van der Waals surface area contributed by atoms with E-state index in [0.717, 1.165) is 11.3 Å². The van der Waals surface area contributed by atoms with E-state index in [0.29, 0.717) is 24.7 Å². The average molecular weight is 245 g/mol. The van der Waals surface area contributed by atoms with Crippen LogP contribution in [-0.4, -0.2) is 21.6 Å². The minimum Gasteiger partial charge on any atom is -0.374 e. The second-order valence-electron chi connectivity index (χ2n) is 3.90. The van der Waals surface area contributed by atoms with E-state index in [1.54, 1.807) is 6.20 Å². The molecule has 0 fully saturated rings. The topological polar surface area (TPSA) is 67.9 Å². The Morgan fingerprint density at radius 3 is 2.94 bits per heavy atom. The van der Waals surface area contributed by atoms with Crippen LogP contribution in [-0.2, 0) is 11.3 Å². The van der Waals surface area contributed by atoms with Crippen LogP contribution in [0.1, 0.15) is 18.4 Å². The van der Waals surface area contributed by atoms with Crippen molar-refractivity contribution in [1.82, 2.24) is 15.0 Å². The molecule has 0 saturated carbocycles. The molecule has 94 valence electrons. The summed E-state index contributed by atoms with van der Waals surface area (Å²) >= 11 is 0. The van der Waals surface area contributed by atoms with Gasteiger partial charge in [-0.2, -0.15) is 0 Å². The fraction of sp³-hybridized carbons (Fsp3) is 0.308. The van der Waals surface area contributed by atoms with Crippen molar-refractivity contribution in [2.45, 2.75) is 20.5 Å². The zero-order valence-electron chi connectivity index (χ0n) is 10.4. The molecule has 0 aliphatic carbocycles. The van der Waals surface area contributed by atoms with Crippen LogP contribution in [0.4, 0.5) is 0 Å². The van der Waals surface area contributed by atoms with Crippen molar-refractivity contribution >= 4 is 0 Å². The third-order valence-corrected chi connectivity index (χ3v) is 2.43. The Morgan fingerprint density at radius 1 is 1.39 bits per heavy atom. The summed E-state index contributed by atoms with van der Waals surface area (Å²) in [5.74, 6) is 0.536. The molecule has 0 saturated heterocycles. The first-order valence-corrected chi connectivity index (χ1v) is 5.80. The fourth-order valence-electron chi connectivity index (χ4n) is 1.63. The lowest BCUT2D eigenvalue weighted by molar-refractivity contribution is 0.128. The molecule has 2 heterocycles. The molecule has 0 spiro atoms. The highest BCUT2D eigenvalue weighted by Crippen LogP contribution is 2.15. The number of rotatable bonds is 4. The molecule has 2 aromatic heterocycles. The van der Waals surface area contributed by atoms with E-state index >= 15 is 0 Å². The fourth-order valence-corrected chi connectivity index (χ4v) is 1.63. The lowest BCUT2D eigenvalue weighted by atomic mass is 10.1. The Bertz CT molecular complexity index is 593. The SMILES string of the molecule is CCOCc1nc(-c2ccnc(C)c2)cc(=O)[nH]1. The maximum atomic E-state index is 11.6. The van der Waals surface area contributed by atoms with Gasteiger partial charge in [0, 0.05) is 30.1 Å². The zero-order chi connectivity index (χ0) is 13.0. The summed E-state index contributed by atoms with van der Waals surface area (Å²) in [5.41, 5.74) is 2.23. The number of H-pyrrole nitrogens is 1. The molecule has 5 nitrogen and oxygen atoms in total.